The third kappa shape index (κ3) is 6.06. The average Bonchev–Trinajstić information content (AvgIpc) is 2.52. The molecule has 0 aliphatic rings. The first-order valence-corrected chi connectivity index (χ1v) is 8.23. The summed E-state index contributed by atoms with van der Waals surface area (Å²) in [4.78, 5) is 0. The SMILES string of the molecule is CCCC(CCC)COc1cccc([C@H](O)C(C)CN)c1. The van der Waals surface area contributed by atoms with Crippen molar-refractivity contribution < 1.29 is 9.84 Å². The average molecular weight is 293 g/mol. The molecule has 1 rings (SSSR count). The summed E-state index contributed by atoms with van der Waals surface area (Å²) in [5, 5.41) is 10.2. The summed E-state index contributed by atoms with van der Waals surface area (Å²) in [5.74, 6) is 1.51. The summed E-state index contributed by atoms with van der Waals surface area (Å²) < 4.78 is 5.94. The molecule has 21 heavy (non-hydrogen) atoms. The Balaban J connectivity index is 2.63. The van der Waals surface area contributed by atoms with Crippen LogP contribution in [0.5, 0.6) is 5.75 Å². The first-order chi connectivity index (χ1) is 10.1. The second-order valence-corrected chi connectivity index (χ2v) is 5.98. The van der Waals surface area contributed by atoms with Crippen LogP contribution in [0.25, 0.3) is 0 Å². The maximum atomic E-state index is 10.2. The third-order valence-corrected chi connectivity index (χ3v) is 3.99. The molecule has 0 aliphatic heterocycles. The molecule has 0 spiro atoms. The van der Waals surface area contributed by atoms with E-state index in [9.17, 15) is 5.11 Å². The van der Waals surface area contributed by atoms with Crippen molar-refractivity contribution >= 4 is 0 Å². The lowest BCUT2D eigenvalue weighted by Crippen LogP contribution is -2.19. The van der Waals surface area contributed by atoms with Gasteiger partial charge < -0.3 is 15.6 Å². The van der Waals surface area contributed by atoms with Gasteiger partial charge in [0.25, 0.3) is 0 Å². The maximum absolute atomic E-state index is 10.2. The van der Waals surface area contributed by atoms with Crippen LogP contribution in [0.2, 0.25) is 0 Å². The topological polar surface area (TPSA) is 55.5 Å². The molecule has 0 aromatic heterocycles. The standard InChI is InChI=1S/C18H31NO2/c1-4-7-15(8-5-2)13-21-17-10-6-9-16(11-17)18(20)14(3)12-19/h6,9-11,14-15,18,20H,4-5,7-8,12-13,19H2,1-3H3/t14?,18-/m1/s1. The van der Waals surface area contributed by atoms with Crippen LogP contribution in [0, 0.1) is 11.8 Å². The minimum atomic E-state index is -0.527. The lowest BCUT2D eigenvalue weighted by molar-refractivity contribution is 0.121. The fraction of sp³-hybridized carbons (Fsp3) is 0.667. The molecular formula is C18H31NO2. The van der Waals surface area contributed by atoms with E-state index in [0.29, 0.717) is 12.5 Å². The van der Waals surface area contributed by atoms with E-state index in [-0.39, 0.29) is 5.92 Å². The lowest BCUT2D eigenvalue weighted by atomic mass is 9.97. The van der Waals surface area contributed by atoms with E-state index in [1.165, 1.54) is 25.7 Å². The van der Waals surface area contributed by atoms with Gasteiger partial charge in [0.2, 0.25) is 0 Å². The van der Waals surface area contributed by atoms with Crippen molar-refractivity contribution in [3.8, 4) is 5.75 Å². The zero-order valence-corrected chi connectivity index (χ0v) is 13.7. The smallest absolute Gasteiger partial charge is 0.119 e. The van der Waals surface area contributed by atoms with E-state index < -0.39 is 6.10 Å². The molecule has 0 saturated heterocycles. The zero-order chi connectivity index (χ0) is 15.7. The minimum absolute atomic E-state index is 0.0492. The van der Waals surface area contributed by atoms with Gasteiger partial charge in [-0.15, -0.1) is 0 Å². The fourth-order valence-electron chi connectivity index (χ4n) is 2.59. The number of rotatable bonds is 10. The van der Waals surface area contributed by atoms with E-state index >= 15 is 0 Å². The summed E-state index contributed by atoms with van der Waals surface area (Å²) in [6, 6.07) is 7.76. The summed E-state index contributed by atoms with van der Waals surface area (Å²) in [6.07, 6.45) is 4.28. The van der Waals surface area contributed by atoms with Crippen LogP contribution in [0.1, 0.15) is 58.1 Å². The van der Waals surface area contributed by atoms with Crippen molar-refractivity contribution in [2.75, 3.05) is 13.2 Å². The molecular weight excluding hydrogens is 262 g/mol. The second kappa shape index (κ2) is 9.80. The normalized spacial score (nSPS) is 14.2. The number of ether oxygens (including phenoxy) is 1. The molecule has 0 fully saturated rings. The van der Waals surface area contributed by atoms with Crippen LogP contribution in [-0.2, 0) is 0 Å². The molecule has 3 N–H and O–H groups in total. The Morgan fingerprint density at radius 3 is 2.43 bits per heavy atom. The van der Waals surface area contributed by atoms with Crippen molar-refractivity contribution in [3.63, 3.8) is 0 Å². The Bertz CT molecular complexity index is 389. The molecule has 0 radical (unpaired) electrons. The van der Waals surface area contributed by atoms with Crippen LogP contribution in [0.4, 0.5) is 0 Å². The van der Waals surface area contributed by atoms with Crippen molar-refractivity contribution in [2.24, 2.45) is 17.6 Å². The first kappa shape index (κ1) is 18.0. The van der Waals surface area contributed by atoms with E-state index in [4.69, 9.17) is 10.5 Å². The van der Waals surface area contributed by atoms with Gasteiger partial charge in [0.15, 0.2) is 0 Å². The fourth-order valence-corrected chi connectivity index (χ4v) is 2.59. The maximum Gasteiger partial charge on any atom is 0.119 e. The molecule has 1 aromatic carbocycles. The molecule has 0 aliphatic carbocycles. The quantitative estimate of drug-likeness (QED) is 0.687. The van der Waals surface area contributed by atoms with Gasteiger partial charge >= 0.3 is 0 Å². The number of hydrogen-bond donors (Lipinski definition) is 2. The molecule has 1 aromatic rings. The highest BCUT2D eigenvalue weighted by molar-refractivity contribution is 5.30. The van der Waals surface area contributed by atoms with Gasteiger partial charge in [-0.2, -0.15) is 0 Å². The molecule has 0 heterocycles. The lowest BCUT2D eigenvalue weighted by Gasteiger charge is -2.19. The molecule has 120 valence electrons. The third-order valence-electron chi connectivity index (χ3n) is 3.99. The molecule has 3 nitrogen and oxygen atoms in total. The number of aliphatic hydroxyl groups is 1. The van der Waals surface area contributed by atoms with E-state index in [2.05, 4.69) is 13.8 Å². The van der Waals surface area contributed by atoms with Gasteiger partial charge in [-0.05, 0) is 48.9 Å². The second-order valence-electron chi connectivity index (χ2n) is 5.98. The molecule has 0 bridgehead atoms. The number of hydrogen-bond acceptors (Lipinski definition) is 3. The molecule has 1 unspecified atom stereocenters. The van der Waals surface area contributed by atoms with E-state index in [1.807, 2.05) is 31.2 Å². The number of nitrogens with two attached hydrogens (primary N) is 1. The van der Waals surface area contributed by atoms with Gasteiger partial charge in [-0.3, -0.25) is 0 Å². The Morgan fingerprint density at radius 1 is 1.19 bits per heavy atom. The largest absolute Gasteiger partial charge is 0.493 e. The van der Waals surface area contributed by atoms with Gasteiger partial charge in [0.1, 0.15) is 5.75 Å². The highest BCUT2D eigenvalue weighted by Crippen LogP contribution is 2.25. The Labute approximate surface area is 129 Å². The van der Waals surface area contributed by atoms with Crippen LogP contribution >= 0.6 is 0 Å². The monoisotopic (exact) mass is 293 g/mol. The molecule has 3 heteroatoms. The number of aliphatic hydroxyl groups excluding tert-OH is 1. The van der Waals surface area contributed by atoms with E-state index in [1.54, 1.807) is 0 Å². The van der Waals surface area contributed by atoms with Gasteiger partial charge in [-0.25, -0.2) is 0 Å². The Kier molecular flexibility index (Phi) is 8.40. The first-order valence-electron chi connectivity index (χ1n) is 8.23. The predicted molar refractivity (Wildman–Crippen MR) is 88.4 cm³/mol. The summed E-state index contributed by atoms with van der Waals surface area (Å²) in [5.41, 5.74) is 6.50. The molecule has 0 amide bonds. The van der Waals surface area contributed by atoms with Crippen LogP contribution in [0.3, 0.4) is 0 Å². The van der Waals surface area contributed by atoms with Crippen LogP contribution in [0.15, 0.2) is 24.3 Å². The Morgan fingerprint density at radius 2 is 1.86 bits per heavy atom. The number of benzene rings is 1. The Hall–Kier alpha value is -1.06. The van der Waals surface area contributed by atoms with Crippen molar-refractivity contribution in [1.82, 2.24) is 0 Å². The minimum Gasteiger partial charge on any atom is -0.493 e. The summed E-state index contributed by atoms with van der Waals surface area (Å²) in [7, 11) is 0. The van der Waals surface area contributed by atoms with Crippen LogP contribution < -0.4 is 10.5 Å². The highest BCUT2D eigenvalue weighted by atomic mass is 16.5. The summed E-state index contributed by atoms with van der Waals surface area (Å²) >= 11 is 0. The van der Waals surface area contributed by atoms with Crippen molar-refractivity contribution in [3.05, 3.63) is 29.8 Å². The van der Waals surface area contributed by atoms with Crippen molar-refractivity contribution in [1.29, 1.82) is 0 Å². The van der Waals surface area contributed by atoms with Gasteiger partial charge in [0.05, 0.1) is 12.7 Å². The zero-order valence-electron chi connectivity index (χ0n) is 13.7. The molecule has 2 atom stereocenters. The van der Waals surface area contributed by atoms with Gasteiger partial charge in [-0.1, -0.05) is 45.7 Å². The highest BCUT2D eigenvalue weighted by Gasteiger charge is 2.15. The van der Waals surface area contributed by atoms with Crippen LogP contribution in [-0.4, -0.2) is 18.3 Å². The summed E-state index contributed by atoms with van der Waals surface area (Å²) in [6.45, 7) is 7.62. The predicted octanol–water partition coefficient (Wildman–Crippen LogP) is 3.91. The van der Waals surface area contributed by atoms with E-state index in [0.717, 1.165) is 17.9 Å². The molecule has 0 saturated carbocycles. The van der Waals surface area contributed by atoms with Gasteiger partial charge in [0, 0.05) is 0 Å². The van der Waals surface area contributed by atoms with Crippen molar-refractivity contribution in [2.45, 2.75) is 52.6 Å².